The van der Waals surface area contributed by atoms with E-state index in [1.807, 2.05) is 36.1 Å². The summed E-state index contributed by atoms with van der Waals surface area (Å²) in [6.07, 6.45) is 0. The number of carbonyl (C=O) groups is 1. The van der Waals surface area contributed by atoms with Gasteiger partial charge in [-0.1, -0.05) is 23.7 Å². The van der Waals surface area contributed by atoms with Crippen LogP contribution in [-0.4, -0.2) is 59.2 Å². The van der Waals surface area contributed by atoms with Gasteiger partial charge in [-0.05, 0) is 25.1 Å². The number of hydrogen-bond donors (Lipinski definition) is 1. The maximum atomic E-state index is 13.4. The summed E-state index contributed by atoms with van der Waals surface area (Å²) in [4.78, 5) is 27.7. The number of anilines is 1. The number of benzene rings is 2. The van der Waals surface area contributed by atoms with E-state index < -0.39 is 4.92 Å². The predicted octanol–water partition coefficient (Wildman–Crippen LogP) is 3.92. The van der Waals surface area contributed by atoms with Crippen molar-refractivity contribution in [1.82, 2.24) is 15.1 Å². The maximum Gasteiger partial charge on any atom is 0.271 e. The molecule has 0 bridgehead atoms. The first kappa shape index (κ1) is 21.6. The molecule has 1 N–H and O–H groups in total. The van der Waals surface area contributed by atoms with Crippen molar-refractivity contribution < 1.29 is 14.5 Å². The van der Waals surface area contributed by atoms with Crippen LogP contribution in [0.15, 0.2) is 42.5 Å². The lowest BCUT2D eigenvalue weighted by atomic mass is 10.0. The smallest absolute Gasteiger partial charge is 0.271 e. The molecule has 1 aliphatic rings. The van der Waals surface area contributed by atoms with Gasteiger partial charge in [0.15, 0.2) is 0 Å². The third kappa shape index (κ3) is 3.99. The molecule has 0 radical (unpaired) electrons. The Bertz CT molecular complexity index is 1170. The molecule has 32 heavy (non-hydrogen) atoms. The lowest BCUT2D eigenvalue weighted by molar-refractivity contribution is -0.384. The largest absolute Gasteiger partial charge is 0.496 e. The highest BCUT2D eigenvalue weighted by molar-refractivity contribution is 6.33. The molecular formula is C22H22ClN5O4. The average molecular weight is 456 g/mol. The van der Waals surface area contributed by atoms with Crippen molar-refractivity contribution >= 4 is 28.9 Å². The number of aryl methyl sites for hydroxylation is 1. The van der Waals surface area contributed by atoms with Crippen LogP contribution in [0.1, 0.15) is 16.1 Å². The fourth-order valence-electron chi connectivity index (χ4n) is 3.90. The van der Waals surface area contributed by atoms with Crippen molar-refractivity contribution in [2.75, 3.05) is 38.2 Å². The minimum absolute atomic E-state index is 0.0492. The number of rotatable bonds is 5. The third-order valence-electron chi connectivity index (χ3n) is 5.57. The molecule has 2 aromatic carbocycles. The molecule has 1 aliphatic heterocycles. The van der Waals surface area contributed by atoms with Gasteiger partial charge in [-0.15, -0.1) is 0 Å². The number of amides is 1. The monoisotopic (exact) mass is 455 g/mol. The van der Waals surface area contributed by atoms with E-state index in [0.717, 1.165) is 11.3 Å². The van der Waals surface area contributed by atoms with Crippen molar-refractivity contribution in [3.63, 3.8) is 0 Å². The van der Waals surface area contributed by atoms with E-state index in [0.29, 0.717) is 53.9 Å². The zero-order valence-corrected chi connectivity index (χ0v) is 18.4. The van der Waals surface area contributed by atoms with Gasteiger partial charge in [-0.2, -0.15) is 5.10 Å². The number of para-hydroxylation sites is 1. The Balaban J connectivity index is 1.53. The number of nitro groups is 1. The molecular weight excluding hydrogens is 434 g/mol. The number of non-ortho nitro benzene ring substituents is 1. The second kappa shape index (κ2) is 8.88. The highest BCUT2D eigenvalue weighted by Crippen LogP contribution is 2.33. The first-order chi connectivity index (χ1) is 15.4. The van der Waals surface area contributed by atoms with Crippen LogP contribution in [0.4, 0.5) is 11.4 Å². The van der Waals surface area contributed by atoms with Gasteiger partial charge < -0.3 is 14.5 Å². The molecule has 1 aromatic heterocycles. The highest BCUT2D eigenvalue weighted by atomic mass is 35.5. The number of aromatic nitrogens is 2. The molecule has 9 nitrogen and oxygen atoms in total. The summed E-state index contributed by atoms with van der Waals surface area (Å²) in [5.41, 5.74) is 3.20. The number of aromatic amines is 1. The number of ether oxygens (including phenoxy) is 1. The average Bonchev–Trinajstić information content (AvgIpc) is 3.19. The Morgan fingerprint density at radius 1 is 1.19 bits per heavy atom. The predicted molar refractivity (Wildman–Crippen MR) is 122 cm³/mol. The molecule has 1 saturated heterocycles. The molecule has 2 heterocycles. The van der Waals surface area contributed by atoms with Crippen molar-refractivity contribution in [2.24, 2.45) is 0 Å². The first-order valence-corrected chi connectivity index (χ1v) is 10.4. The van der Waals surface area contributed by atoms with Gasteiger partial charge in [0, 0.05) is 49.6 Å². The Hall–Kier alpha value is -3.59. The van der Waals surface area contributed by atoms with E-state index in [4.69, 9.17) is 16.3 Å². The number of halogens is 1. The third-order valence-corrected chi connectivity index (χ3v) is 5.88. The van der Waals surface area contributed by atoms with Crippen LogP contribution in [0.5, 0.6) is 5.75 Å². The molecule has 0 aliphatic carbocycles. The number of piperazine rings is 1. The quantitative estimate of drug-likeness (QED) is 0.462. The van der Waals surface area contributed by atoms with Crippen molar-refractivity contribution in [2.45, 2.75) is 6.92 Å². The van der Waals surface area contributed by atoms with E-state index in [-0.39, 0.29) is 11.6 Å². The van der Waals surface area contributed by atoms with E-state index in [1.54, 1.807) is 18.1 Å². The fourth-order valence-corrected chi connectivity index (χ4v) is 4.19. The summed E-state index contributed by atoms with van der Waals surface area (Å²) in [7, 11) is 1.59. The Morgan fingerprint density at radius 2 is 1.91 bits per heavy atom. The molecule has 0 unspecified atom stereocenters. The molecule has 1 amide bonds. The Morgan fingerprint density at radius 3 is 2.56 bits per heavy atom. The Kier molecular flexibility index (Phi) is 6.00. The number of methoxy groups -OCH3 is 1. The standard InChI is InChI=1S/C22H22ClN5O4/c1-14-20(21(25-24-14)16-5-3-4-6-19(16)32-2)22(29)27-11-9-26(10-12-27)18-8-7-15(28(30)31)13-17(18)23/h3-8,13H,9-12H2,1-2H3,(H,24,25). The summed E-state index contributed by atoms with van der Waals surface area (Å²) in [6, 6.07) is 11.9. The fraction of sp³-hybridized carbons (Fsp3) is 0.273. The molecule has 1 fully saturated rings. The van der Waals surface area contributed by atoms with Gasteiger partial charge in [0.25, 0.3) is 11.6 Å². The van der Waals surface area contributed by atoms with Crippen molar-refractivity contribution in [3.8, 4) is 17.0 Å². The maximum absolute atomic E-state index is 13.4. The molecule has 0 spiro atoms. The van der Waals surface area contributed by atoms with E-state index in [9.17, 15) is 14.9 Å². The highest BCUT2D eigenvalue weighted by Gasteiger charge is 2.29. The van der Waals surface area contributed by atoms with Gasteiger partial charge >= 0.3 is 0 Å². The summed E-state index contributed by atoms with van der Waals surface area (Å²) >= 11 is 6.27. The minimum Gasteiger partial charge on any atom is -0.496 e. The second-order valence-electron chi connectivity index (χ2n) is 7.44. The summed E-state index contributed by atoms with van der Waals surface area (Å²) in [6.45, 7) is 3.92. The summed E-state index contributed by atoms with van der Waals surface area (Å²) in [5.74, 6) is 0.539. The first-order valence-electron chi connectivity index (χ1n) is 10.1. The molecule has 4 rings (SSSR count). The SMILES string of the molecule is COc1ccccc1-c1n[nH]c(C)c1C(=O)N1CCN(c2ccc([N+](=O)[O-])cc2Cl)CC1. The van der Waals surface area contributed by atoms with Crippen LogP contribution in [0.25, 0.3) is 11.3 Å². The van der Waals surface area contributed by atoms with Crippen molar-refractivity contribution in [1.29, 1.82) is 0 Å². The van der Waals surface area contributed by atoms with Crippen molar-refractivity contribution in [3.05, 3.63) is 68.9 Å². The van der Waals surface area contributed by atoms with Crippen LogP contribution in [0.3, 0.4) is 0 Å². The zero-order valence-electron chi connectivity index (χ0n) is 17.7. The van der Waals surface area contributed by atoms with Crippen LogP contribution < -0.4 is 9.64 Å². The summed E-state index contributed by atoms with van der Waals surface area (Å²) in [5, 5.41) is 18.6. The van der Waals surface area contributed by atoms with Crippen LogP contribution >= 0.6 is 11.6 Å². The second-order valence-corrected chi connectivity index (χ2v) is 7.85. The molecule has 3 aromatic rings. The lowest BCUT2D eigenvalue weighted by Gasteiger charge is -2.36. The van der Waals surface area contributed by atoms with Crippen LogP contribution in [-0.2, 0) is 0 Å². The number of carbonyl (C=O) groups excluding carboxylic acids is 1. The van der Waals surface area contributed by atoms with Gasteiger partial charge in [-0.25, -0.2) is 0 Å². The number of H-pyrrole nitrogens is 1. The van der Waals surface area contributed by atoms with Crippen LogP contribution in [0.2, 0.25) is 5.02 Å². The number of nitrogens with one attached hydrogen (secondary N) is 1. The molecule has 0 atom stereocenters. The van der Waals surface area contributed by atoms with Gasteiger partial charge in [-0.3, -0.25) is 20.0 Å². The van der Waals surface area contributed by atoms with E-state index in [1.165, 1.54) is 12.1 Å². The van der Waals surface area contributed by atoms with Gasteiger partial charge in [0.05, 0.1) is 28.3 Å². The number of nitro benzene ring substituents is 1. The normalized spacial score (nSPS) is 13.8. The van der Waals surface area contributed by atoms with E-state index >= 15 is 0 Å². The minimum atomic E-state index is -0.473. The number of hydrogen-bond acceptors (Lipinski definition) is 6. The molecule has 0 saturated carbocycles. The Labute approximate surface area is 189 Å². The summed E-state index contributed by atoms with van der Waals surface area (Å²) < 4.78 is 5.45. The number of nitrogens with zero attached hydrogens (tertiary/aromatic N) is 4. The topological polar surface area (TPSA) is 105 Å². The van der Waals surface area contributed by atoms with Gasteiger partial charge in [0.2, 0.25) is 0 Å². The van der Waals surface area contributed by atoms with Crippen LogP contribution in [0, 0.1) is 17.0 Å². The molecule has 10 heteroatoms. The zero-order chi connectivity index (χ0) is 22.8. The lowest BCUT2D eigenvalue weighted by Crippen LogP contribution is -2.49. The van der Waals surface area contributed by atoms with Gasteiger partial charge in [0.1, 0.15) is 11.4 Å². The molecule has 166 valence electrons. The van der Waals surface area contributed by atoms with E-state index in [2.05, 4.69) is 10.2 Å².